The molecule has 1 amide bonds. The SMILES string of the molecule is COCCn1cnc2c(Nc3ccc(C(N)=O)cc3)ncnc21. The summed E-state index contributed by atoms with van der Waals surface area (Å²) in [5, 5.41) is 3.17. The fourth-order valence-electron chi connectivity index (χ4n) is 2.18. The molecule has 0 bridgehead atoms. The Morgan fingerprint density at radius 1 is 1.26 bits per heavy atom. The Kier molecular flexibility index (Phi) is 4.15. The Morgan fingerprint density at radius 2 is 2.04 bits per heavy atom. The number of primary amides is 1. The largest absolute Gasteiger partial charge is 0.383 e. The van der Waals surface area contributed by atoms with Crippen molar-refractivity contribution in [1.29, 1.82) is 0 Å². The average molecular weight is 312 g/mol. The first kappa shape index (κ1) is 14.9. The molecule has 0 saturated carbocycles. The molecular formula is C15H16N6O2. The molecule has 0 saturated heterocycles. The van der Waals surface area contributed by atoms with E-state index in [4.69, 9.17) is 10.5 Å². The monoisotopic (exact) mass is 312 g/mol. The van der Waals surface area contributed by atoms with Crippen LogP contribution in [0, 0.1) is 0 Å². The molecule has 0 atom stereocenters. The highest BCUT2D eigenvalue weighted by atomic mass is 16.5. The van der Waals surface area contributed by atoms with E-state index in [1.54, 1.807) is 37.7 Å². The summed E-state index contributed by atoms with van der Waals surface area (Å²) in [5.41, 5.74) is 7.86. The zero-order valence-electron chi connectivity index (χ0n) is 12.6. The van der Waals surface area contributed by atoms with Crippen molar-refractivity contribution in [2.24, 2.45) is 5.73 Å². The third-order valence-corrected chi connectivity index (χ3v) is 3.37. The molecule has 118 valence electrons. The fourth-order valence-corrected chi connectivity index (χ4v) is 2.18. The van der Waals surface area contributed by atoms with E-state index in [9.17, 15) is 4.79 Å². The Labute approximate surface area is 132 Å². The van der Waals surface area contributed by atoms with Crippen LogP contribution >= 0.6 is 0 Å². The van der Waals surface area contributed by atoms with Crippen LogP contribution in [-0.4, -0.2) is 39.1 Å². The van der Waals surface area contributed by atoms with Gasteiger partial charge in [0.25, 0.3) is 0 Å². The van der Waals surface area contributed by atoms with E-state index in [2.05, 4.69) is 20.3 Å². The van der Waals surface area contributed by atoms with Gasteiger partial charge in [-0.05, 0) is 24.3 Å². The molecule has 23 heavy (non-hydrogen) atoms. The molecule has 3 rings (SSSR count). The number of ether oxygens (including phenoxy) is 1. The van der Waals surface area contributed by atoms with Crippen molar-refractivity contribution in [3.05, 3.63) is 42.5 Å². The fraction of sp³-hybridized carbons (Fsp3) is 0.200. The molecule has 0 unspecified atom stereocenters. The first-order chi connectivity index (χ1) is 11.2. The summed E-state index contributed by atoms with van der Waals surface area (Å²) in [5.74, 6) is 0.135. The van der Waals surface area contributed by atoms with Gasteiger partial charge in [-0.15, -0.1) is 0 Å². The lowest BCUT2D eigenvalue weighted by molar-refractivity contribution is 0.100. The molecule has 0 aliphatic carbocycles. The number of imidazole rings is 1. The Bertz CT molecular complexity index is 828. The van der Waals surface area contributed by atoms with Gasteiger partial charge in [-0.3, -0.25) is 4.79 Å². The predicted octanol–water partition coefficient (Wildman–Crippen LogP) is 1.32. The third kappa shape index (κ3) is 3.11. The molecule has 8 heteroatoms. The van der Waals surface area contributed by atoms with Crippen molar-refractivity contribution >= 4 is 28.6 Å². The van der Waals surface area contributed by atoms with Crippen molar-refractivity contribution in [2.45, 2.75) is 6.54 Å². The van der Waals surface area contributed by atoms with Gasteiger partial charge >= 0.3 is 0 Å². The standard InChI is InChI=1S/C15H16N6O2/c1-23-7-6-21-9-19-12-14(17-8-18-15(12)21)20-11-4-2-10(3-5-11)13(16)22/h2-5,8-9H,6-7H2,1H3,(H2,16,22)(H,17,18,20). The van der Waals surface area contributed by atoms with Gasteiger partial charge in [-0.25, -0.2) is 15.0 Å². The number of anilines is 2. The minimum atomic E-state index is -0.460. The van der Waals surface area contributed by atoms with Gasteiger partial charge in [0.05, 0.1) is 12.9 Å². The van der Waals surface area contributed by atoms with Gasteiger partial charge in [0.15, 0.2) is 17.0 Å². The van der Waals surface area contributed by atoms with Crippen LogP contribution in [0.5, 0.6) is 0 Å². The molecule has 2 aromatic heterocycles. The lowest BCUT2D eigenvalue weighted by atomic mass is 10.2. The topological polar surface area (TPSA) is 108 Å². The number of nitrogens with two attached hydrogens (primary N) is 1. The first-order valence-electron chi connectivity index (χ1n) is 7.00. The molecule has 0 spiro atoms. The number of rotatable bonds is 6. The molecule has 0 aliphatic heterocycles. The Hall–Kier alpha value is -3.00. The van der Waals surface area contributed by atoms with Gasteiger partial charge in [-0.1, -0.05) is 0 Å². The van der Waals surface area contributed by atoms with Crippen molar-refractivity contribution in [1.82, 2.24) is 19.5 Å². The highest BCUT2D eigenvalue weighted by Crippen LogP contribution is 2.21. The number of carbonyl (C=O) groups is 1. The number of amides is 1. The number of hydrogen-bond donors (Lipinski definition) is 2. The molecule has 0 radical (unpaired) electrons. The minimum absolute atomic E-state index is 0.451. The maximum absolute atomic E-state index is 11.1. The highest BCUT2D eigenvalue weighted by Gasteiger charge is 2.10. The number of nitrogens with zero attached hydrogens (tertiary/aromatic N) is 4. The predicted molar refractivity (Wildman–Crippen MR) is 85.4 cm³/mol. The maximum atomic E-state index is 11.1. The summed E-state index contributed by atoms with van der Waals surface area (Å²) in [6, 6.07) is 6.83. The van der Waals surface area contributed by atoms with E-state index in [0.717, 1.165) is 11.3 Å². The number of aromatic nitrogens is 4. The Balaban J connectivity index is 1.88. The number of hydrogen-bond acceptors (Lipinski definition) is 6. The summed E-state index contributed by atoms with van der Waals surface area (Å²) in [7, 11) is 1.65. The van der Waals surface area contributed by atoms with Crippen molar-refractivity contribution in [3.63, 3.8) is 0 Å². The van der Waals surface area contributed by atoms with E-state index >= 15 is 0 Å². The van der Waals surface area contributed by atoms with Crippen molar-refractivity contribution in [2.75, 3.05) is 19.0 Å². The van der Waals surface area contributed by atoms with E-state index in [-0.39, 0.29) is 0 Å². The zero-order valence-corrected chi connectivity index (χ0v) is 12.6. The first-order valence-corrected chi connectivity index (χ1v) is 7.00. The van der Waals surface area contributed by atoms with E-state index < -0.39 is 5.91 Å². The Morgan fingerprint density at radius 3 is 2.74 bits per heavy atom. The van der Waals surface area contributed by atoms with Crippen LogP contribution in [0.1, 0.15) is 10.4 Å². The second-order valence-corrected chi connectivity index (χ2v) is 4.89. The molecule has 1 aromatic carbocycles. The summed E-state index contributed by atoms with van der Waals surface area (Å²) in [4.78, 5) is 24.0. The van der Waals surface area contributed by atoms with Crippen LogP contribution in [0.3, 0.4) is 0 Å². The second kappa shape index (κ2) is 6.41. The van der Waals surface area contributed by atoms with Gasteiger partial charge < -0.3 is 20.4 Å². The van der Waals surface area contributed by atoms with Crippen LogP contribution < -0.4 is 11.1 Å². The summed E-state index contributed by atoms with van der Waals surface area (Å²) in [6.07, 6.45) is 3.19. The number of methoxy groups -OCH3 is 1. The number of nitrogens with one attached hydrogen (secondary N) is 1. The molecule has 8 nitrogen and oxygen atoms in total. The maximum Gasteiger partial charge on any atom is 0.248 e. The number of benzene rings is 1. The van der Waals surface area contributed by atoms with Crippen molar-refractivity contribution < 1.29 is 9.53 Å². The highest BCUT2D eigenvalue weighted by molar-refractivity contribution is 5.93. The normalized spacial score (nSPS) is 10.8. The summed E-state index contributed by atoms with van der Waals surface area (Å²) >= 11 is 0. The van der Waals surface area contributed by atoms with Gasteiger partial charge in [0.2, 0.25) is 5.91 Å². The van der Waals surface area contributed by atoms with Gasteiger partial charge in [0, 0.05) is 24.9 Å². The van der Waals surface area contributed by atoms with E-state index in [0.29, 0.717) is 30.0 Å². The van der Waals surface area contributed by atoms with Crippen LogP contribution in [-0.2, 0) is 11.3 Å². The number of fused-ring (bicyclic) bond motifs is 1. The molecule has 3 aromatic rings. The second-order valence-electron chi connectivity index (χ2n) is 4.89. The van der Waals surface area contributed by atoms with Crippen LogP contribution in [0.2, 0.25) is 0 Å². The third-order valence-electron chi connectivity index (χ3n) is 3.37. The smallest absolute Gasteiger partial charge is 0.248 e. The minimum Gasteiger partial charge on any atom is -0.383 e. The molecule has 0 aliphatic rings. The average Bonchev–Trinajstić information content (AvgIpc) is 2.97. The quantitative estimate of drug-likeness (QED) is 0.710. The molecule has 3 N–H and O–H groups in total. The number of carbonyl (C=O) groups excluding carboxylic acids is 1. The summed E-state index contributed by atoms with van der Waals surface area (Å²) in [6.45, 7) is 1.24. The summed E-state index contributed by atoms with van der Waals surface area (Å²) < 4.78 is 6.98. The van der Waals surface area contributed by atoms with Crippen LogP contribution in [0.25, 0.3) is 11.2 Å². The lowest BCUT2D eigenvalue weighted by Crippen LogP contribution is -2.10. The van der Waals surface area contributed by atoms with Gasteiger partial charge in [-0.2, -0.15) is 0 Å². The lowest BCUT2D eigenvalue weighted by Gasteiger charge is -2.07. The van der Waals surface area contributed by atoms with E-state index in [1.165, 1.54) is 6.33 Å². The van der Waals surface area contributed by atoms with Crippen LogP contribution in [0.15, 0.2) is 36.9 Å². The molecule has 2 heterocycles. The van der Waals surface area contributed by atoms with Crippen molar-refractivity contribution in [3.8, 4) is 0 Å². The molecular weight excluding hydrogens is 296 g/mol. The zero-order chi connectivity index (χ0) is 16.2. The van der Waals surface area contributed by atoms with E-state index in [1.807, 2.05) is 4.57 Å². The molecule has 0 fully saturated rings. The van der Waals surface area contributed by atoms with Gasteiger partial charge in [0.1, 0.15) is 6.33 Å². The van der Waals surface area contributed by atoms with Crippen LogP contribution in [0.4, 0.5) is 11.5 Å².